The second-order valence-electron chi connectivity index (χ2n) is 8.01. The molecule has 1 aliphatic rings. The number of benzene rings is 1. The number of nitrogens with two attached hydrogens (primary N) is 2. The number of aromatic nitrogens is 2. The Hall–Kier alpha value is -4.17. The number of aliphatic imine (C=N–C) groups is 1. The highest BCUT2D eigenvalue weighted by Crippen LogP contribution is 2.33. The molecule has 0 spiro atoms. The third kappa shape index (κ3) is 5.99. The number of rotatable bonds is 8. The van der Waals surface area contributed by atoms with E-state index in [1.54, 1.807) is 18.3 Å². The summed E-state index contributed by atoms with van der Waals surface area (Å²) in [4.78, 5) is 27.5. The van der Waals surface area contributed by atoms with Crippen LogP contribution in [0.5, 0.6) is 5.75 Å². The summed E-state index contributed by atoms with van der Waals surface area (Å²) < 4.78 is 5.42. The Morgan fingerprint density at radius 3 is 2.88 bits per heavy atom. The molecule has 34 heavy (non-hydrogen) atoms. The molecule has 2 heterocycles. The summed E-state index contributed by atoms with van der Waals surface area (Å²) in [5, 5.41) is 15.3. The molecule has 1 amide bonds. The van der Waals surface area contributed by atoms with Gasteiger partial charge in [-0.2, -0.15) is 10.2 Å². The predicted molar refractivity (Wildman–Crippen MR) is 131 cm³/mol. The number of nitriles is 1. The van der Waals surface area contributed by atoms with Gasteiger partial charge < -0.3 is 31.7 Å². The standard InChI is InChI=1S/C23H29N9O2/c1-14-7-15(9-24)8-19(34-3)20(14)30-22-18(21(26)33)12-28-23(31-22)29-17(10-25)11-27-16-5-4-6-32(2)13-16/h7-8,10-12,16H,4-6,13,25H2,1-3H3,(H2,26,33)(H2,28,29,30,31). The quantitative estimate of drug-likeness (QED) is 0.427. The molecular formula is C23H29N9O2. The third-order valence-electron chi connectivity index (χ3n) is 5.41. The fourth-order valence-corrected chi connectivity index (χ4v) is 3.67. The number of nitrogens with one attached hydrogen (secondary N) is 2. The van der Waals surface area contributed by atoms with E-state index in [0.29, 0.717) is 22.7 Å². The zero-order valence-electron chi connectivity index (χ0n) is 19.5. The first kappa shape index (κ1) is 24.5. The molecule has 1 aromatic heterocycles. The van der Waals surface area contributed by atoms with Gasteiger partial charge in [-0.05, 0) is 45.0 Å². The first-order valence-electron chi connectivity index (χ1n) is 10.8. The summed E-state index contributed by atoms with van der Waals surface area (Å²) in [5.41, 5.74) is 13.6. The molecule has 1 aromatic carbocycles. The Morgan fingerprint density at radius 2 is 2.24 bits per heavy atom. The first-order valence-corrected chi connectivity index (χ1v) is 10.8. The van der Waals surface area contributed by atoms with Crippen LogP contribution in [0.1, 0.15) is 34.3 Å². The van der Waals surface area contributed by atoms with E-state index in [1.165, 1.54) is 19.5 Å². The molecule has 0 bridgehead atoms. The number of nitrogens with zero attached hydrogens (tertiary/aromatic N) is 5. The third-order valence-corrected chi connectivity index (χ3v) is 5.41. The number of ether oxygens (including phenoxy) is 1. The van der Waals surface area contributed by atoms with Crippen LogP contribution in [0.4, 0.5) is 17.5 Å². The van der Waals surface area contributed by atoms with Crippen molar-refractivity contribution in [3.63, 3.8) is 0 Å². The molecule has 11 heteroatoms. The van der Waals surface area contributed by atoms with E-state index >= 15 is 0 Å². The molecule has 1 saturated heterocycles. The Balaban J connectivity index is 1.87. The summed E-state index contributed by atoms with van der Waals surface area (Å²) >= 11 is 0. The fraction of sp³-hybridized carbons (Fsp3) is 0.348. The molecule has 6 N–H and O–H groups in total. The summed E-state index contributed by atoms with van der Waals surface area (Å²) in [6.45, 7) is 3.77. The number of methoxy groups -OCH3 is 1. The van der Waals surface area contributed by atoms with Crippen LogP contribution in [0.3, 0.4) is 0 Å². The molecule has 2 aromatic rings. The smallest absolute Gasteiger partial charge is 0.254 e. The topological polar surface area (TPSA) is 168 Å². The number of hydrogen-bond donors (Lipinski definition) is 4. The lowest BCUT2D eigenvalue weighted by Gasteiger charge is -2.27. The van der Waals surface area contributed by atoms with E-state index < -0.39 is 5.91 Å². The average Bonchev–Trinajstić information content (AvgIpc) is 2.82. The second-order valence-corrected chi connectivity index (χ2v) is 8.01. The number of aryl methyl sites for hydroxylation is 1. The number of hydrogen-bond acceptors (Lipinski definition) is 10. The van der Waals surface area contributed by atoms with Gasteiger partial charge in [0.05, 0.1) is 36.2 Å². The number of anilines is 3. The maximum Gasteiger partial charge on any atom is 0.254 e. The highest BCUT2D eigenvalue weighted by molar-refractivity contribution is 5.98. The number of allylic oxidation sites excluding steroid dienone is 1. The van der Waals surface area contributed by atoms with E-state index in [4.69, 9.17) is 16.2 Å². The van der Waals surface area contributed by atoms with E-state index in [0.717, 1.165) is 31.5 Å². The number of primary amides is 1. The molecule has 1 fully saturated rings. The fourth-order valence-electron chi connectivity index (χ4n) is 3.67. The molecule has 1 unspecified atom stereocenters. The Kier molecular flexibility index (Phi) is 8.00. The maximum atomic E-state index is 12.0. The molecule has 1 aliphatic heterocycles. The number of likely N-dealkylation sites (tertiary alicyclic amines) is 1. The van der Waals surface area contributed by atoms with Crippen molar-refractivity contribution in [3.05, 3.63) is 46.9 Å². The van der Waals surface area contributed by atoms with Gasteiger partial charge in [0.1, 0.15) is 17.1 Å². The summed E-state index contributed by atoms with van der Waals surface area (Å²) in [5.74, 6) is 0.101. The van der Waals surface area contributed by atoms with E-state index in [-0.39, 0.29) is 23.4 Å². The van der Waals surface area contributed by atoms with Gasteiger partial charge in [0.15, 0.2) is 0 Å². The van der Waals surface area contributed by atoms with Gasteiger partial charge in [-0.25, -0.2) is 4.98 Å². The van der Waals surface area contributed by atoms with Crippen molar-refractivity contribution in [1.29, 1.82) is 5.26 Å². The van der Waals surface area contributed by atoms with Gasteiger partial charge in [-0.15, -0.1) is 0 Å². The highest BCUT2D eigenvalue weighted by atomic mass is 16.5. The number of likely N-dealkylation sites (N-methyl/N-ethyl adjacent to an activating group) is 1. The number of piperidine rings is 1. The Labute approximate surface area is 198 Å². The summed E-state index contributed by atoms with van der Waals surface area (Å²) in [6.07, 6.45) is 6.48. The monoisotopic (exact) mass is 463 g/mol. The van der Waals surface area contributed by atoms with E-state index in [2.05, 4.69) is 43.6 Å². The van der Waals surface area contributed by atoms with Crippen molar-refractivity contribution < 1.29 is 9.53 Å². The van der Waals surface area contributed by atoms with Gasteiger partial charge >= 0.3 is 0 Å². The molecular weight excluding hydrogens is 434 g/mol. The van der Waals surface area contributed by atoms with Crippen molar-refractivity contribution in [2.24, 2.45) is 16.5 Å². The van der Waals surface area contributed by atoms with Gasteiger partial charge in [0.2, 0.25) is 5.95 Å². The van der Waals surface area contributed by atoms with Crippen LogP contribution in [0.2, 0.25) is 0 Å². The lowest BCUT2D eigenvalue weighted by molar-refractivity contribution is 0.100. The SMILES string of the molecule is COc1cc(C#N)cc(C)c1Nc1nc(NC(C=NC2CCCN(C)C2)=CN)ncc1C(N)=O. The van der Waals surface area contributed by atoms with Crippen molar-refractivity contribution in [3.8, 4) is 11.8 Å². The second kappa shape index (κ2) is 11.1. The predicted octanol–water partition coefficient (Wildman–Crippen LogP) is 1.88. The van der Waals surface area contributed by atoms with Crippen LogP contribution in [-0.4, -0.2) is 60.3 Å². The van der Waals surface area contributed by atoms with Crippen LogP contribution in [0.15, 0.2) is 35.2 Å². The normalized spacial score (nSPS) is 16.8. The molecule has 0 saturated carbocycles. The zero-order chi connectivity index (χ0) is 24.7. The first-order chi connectivity index (χ1) is 16.3. The van der Waals surface area contributed by atoms with E-state index in [1.807, 2.05) is 6.92 Å². The van der Waals surface area contributed by atoms with Crippen LogP contribution < -0.4 is 26.8 Å². The summed E-state index contributed by atoms with van der Waals surface area (Å²) in [7, 11) is 3.57. The van der Waals surface area contributed by atoms with Gasteiger partial charge in [0.25, 0.3) is 5.91 Å². The highest BCUT2D eigenvalue weighted by Gasteiger charge is 2.18. The molecule has 11 nitrogen and oxygen atoms in total. The van der Waals surface area contributed by atoms with Crippen molar-refractivity contribution in [2.45, 2.75) is 25.8 Å². The van der Waals surface area contributed by atoms with Gasteiger partial charge in [-0.3, -0.25) is 9.79 Å². The maximum absolute atomic E-state index is 12.0. The number of amides is 1. The number of carbonyl (C=O) groups is 1. The summed E-state index contributed by atoms with van der Waals surface area (Å²) in [6, 6.07) is 5.57. The minimum Gasteiger partial charge on any atom is -0.495 e. The van der Waals surface area contributed by atoms with Crippen molar-refractivity contribution >= 4 is 29.6 Å². The van der Waals surface area contributed by atoms with Crippen LogP contribution in [0, 0.1) is 18.3 Å². The minimum atomic E-state index is -0.697. The number of carbonyl (C=O) groups excluding carboxylic acids is 1. The molecule has 1 atom stereocenters. The zero-order valence-corrected chi connectivity index (χ0v) is 19.5. The molecule has 0 radical (unpaired) electrons. The lowest BCUT2D eigenvalue weighted by atomic mass is 10.1. The van der Waals surface area contributed by atoms with Gasteiger partial charge in [-0.1, -0.05) is 0 Å². The Morgan fingerprint density at radius 1 is 1.44 bits per heavy atom. The van der Waals surface area contributed by atoms with Crippen molar-refractivity contribution in [2.75, 3.05) is 37.9 Å². The molecule has 178 valence electrons. The van der Waals surface area contributed by atoms with Crippen molar-refractivity contribution in [1.82, 2.24) is 14.9 Å². The average molecular weight is 464 g/mol. The van der Waals surface area contributed by atoms with Gasteiger partial charge in [0, 0.05) is 31.2 Å². The molecule has 3 rings (SSSR count). The van der Waals surface area contributed by atoms with E-state index in [9.17, 15) is 10.1 Å². The van der Waals surface area contributed by atoms with Crippen LogP contribution >= 0.6 is 0 Å². The largest absolute Gasteiger partial charge is 0.495 e. The van der Waals surface area contributed by atoms with Crippen LogP contribution in [0.25, 0.3) is 0 Å². The van der Waals surface area contributed by atoms with Crippen LogP contribution in [-0.2, 0) is 0 Å². The lowest BCUT2D eigenvalue weighted by Crippen LogP contribution is -2.34. The Bertz CT molecular complexity index is 1150. The minimum absolute atomic E-state index is 0.0913. The molecule has 0 aliphatic carbocycles.